The van der Waals surface area contributed by atoms with E-state index in [0.717, 1.165) is 29.5 Å². The number of hydrogen-bond acceptors (Lipinski definition) is 3. The standard InChI is InChI=1S/C14H11F2NO3S/c1-6-7(2)21-13(10(6)14(19)20)17-12(18)11-8(15)4-3-5-9(11)16/h3-5H,1-2H3,(H,17,18)(H,19,20). The second-order valence-electron chi connectivity index (χ2n) is 4.34. The molecule has 4 nitrogen and oxygen atoms in total. The van der Waals surface area contributed by atoms with E-state index in [4.69, 9.17) is 5.11 Å². The highest BCUT2D eigenvalue weighted by molar-refractivity contribution is 7.16. The zero-order valence-corrected chi connectivity index (χ0v) is 12.0. The van der Waals surface area contributed by atoms with E-state index in [1.54, 1.807) is 13.8 Å². The number of carboxylic acids is 1. The molecule has 0 aliphatic heterocycles. The summed E-state index contributed by atoms with van der Waals surface area (Å²) in [6, 6.07) is 3.06. The largest absolute Gasteiger partial charge is 0.478 e. The Hall–Kier alpha value is -2.28. The van der Waals surface area contributed by atoms with Gasteiger partial charge in [0.05, 0.1) is 5.56 Å². The maximum absolute atomic E-state index is 13.5. The van der Waals surface area contributed by atoms with Gasteiger partial charge in [0, 0.05) is 4.88 Å². The Labute approximate surface area is 123 Å². The second kappa shape index (κ2) is 5.61. The summed E-state index contributed by atoms with van der Waals surface area (Å²) in [5.74, 6) is -4.24. The number of benzene rings is 1. The molecule has 110 valence electrons. The monoisotopic (exact) mass is 311 g/mol. The first-order chi connectivity index (χ1) is 9.82. The molecular formula is C14H11F2NO3S. The van der Waals surface area contributed by atoms with Crippen LogP contribution in [-0.2, 0) is 0 Å². The minimum absolute atomic E-state index is 0.0603. The number of rotatable bonds is 3. The minimum atomic E-state index is -1.21. The van der Waals surface area contributed by atoms with Gasteiger partial charge in [-0.2, -0.15) is 0 Å². The molecule has 0 aliphatic carbocycles. The fourth-order valence-electron chi connectivity index (χ4n) is 1.85. The van der Waals surface area contributed by atoms with Crippen LogP contribution in [0, 0.1) is 25.5 Å². The van der Waals surface area contributed by atoms with Gasteiger partial charge in [-0.15, -0.1) is 11.3 Å². The summed E-state index contributed by atoms with van der Waals surface area (Å²) >= 11 is 1.05. The highest BCUT2D eigenvalue weighted by Crippen LogP contribution is 2.32. The highest BCUT2D eigenvalue weighted by Gasteiger charge is 2.23. The lowest BCUT2D eigenvalue weighted by Crippen LogP contribution is -2.16. The molecule has 21 heavy (non-hydrogen) atoms. The van der Waals surface area contributed by atoms with E-state index in [0.29, 0.717) is 10.4 Å². The van der Waals surface area contributed by atoms with Crippen LogP contribution in [-0.4, -0.2) is 17.0 Å². The lowest BCUT2D eigenvalue weighted by Gasteiger charge is -2.06. The Morgan fingerprint density at radius 3 is 2.24 bits per heavy atom. The average Bonchev–Trinajstić information content (AvgIpc) is 2.64. The first-order valence-corrected chi connectivity index (χ1v) is 6.73. The van der Waals surface area contributed by atoms with Crippen LogP contribution in [0.2, 0.25) is 0 Å². The maximum Gasteiger partial charge on any atom is 0.338 e. The number of nitrogens with one attached hydrogen (secondary N) is 1. The summed E-state index contributed by atoms with van der Waals surface area (Å²) in [5, 5.41) is 11.5. The fourth-order valence-corrected chi connectivity index (χ4v) is 2.90. The zero-order valence-electron chi connectivity index (χ0n) is 11.2. The number of halogens is 2. The first-order valence-electron chi connectivity index (χ1n) is 5.91. The molecule has 2 rings (SSSR count). The van der Waals surface area contributed by atoms with E-state index in [-0.39, 0.29) is 10.6 Å². The SMILES string of the molecule is Cc1sc(NC(=O)c2c(F)cccc2F)c(C(=O)O)c1C. The van der Waals surface area contributed by atoms with Crippen molar-refractivity contribution in [3.63, 3.8) is 0 Å². The van der Waals surface area contributed by atoms with Gasteiger partial charge in [0.25, 0.3) is 5.91 Å². The van der Waals surface area contributed by atoms with Gasteiger partial charge in [-0.05, 0) is 31.5 Å². The van der Waals surface area contributed by atoms with Crippen LogP contribution in [0.3, 0.4) is 0 Å². The third kappa shape index (κ3) is 2.78. The zero-order chi connectivity index (χ0) is 15.7. The Balaban J connectivity index is 2.41. The van der Waals surface area contributed by atoms with E-state index in [1.807, 2.05) is 0 Å². The normalized spacial score (nSPS) is 10.5. The molecule has 2 N–H and O–H groups in total. The molecule has 0 bridgehead atoms. The van der Waals surface area contributed by atoms with Crippen LogP contribution < -0.4 is 5.32 Å². The van der Waals surface area contributed by atoms with Crippen LogP contribution in [0.25, 0.3) is 0 Å². The molecule has 0 unspecified atom stereocenters. The van der Waals surface area contributed by atoms with Crippen LogP contribution in [0.15, 0.2) is 18.2 Å². The van der Waals surface area contributed by atoms with Gasteiger partial charge in [-0.3, -0.25) is 4.79 Å². The van der Waals surface area contributed by atoms with Crippen molar-refractivity contribution in [1.82, 2.24) is 0 Å². The molecule has 1 heterocycles. The van der Waals surface area contributed by atoms with Crippen LogP contribution in [0.4, 0.5) is 13.8 Å². The van der Waals surface area contributed by atoms with E-state index >= 15 is 0 Å². The molecule has 0 saturated heterocycles. The van der Waals surface area contributed by atoms with Gasteiger partial charge >= 0.3 is 5.97 Å². The molecular weight excluding hydrogens is 300 g/mol. The number of anilines is 1. The molecule has 0 radical (unpaired) electrons. The highest BCUT2D eigenvalue weighted by atomic mass is 32.1. The number of aromatic carboxylic acids is 1. The van der Waals surface area contributed by atoms with Crippen molar-refractivity contribution in [1.29, 1.82) is 0 Å². The Kier molecular flexibility index (Phi) is 4.04. The van der Waals surface area contributed by atoms with Crippen molar-refractivity contribution < 1.29 is 23.5 Å². The minimum Gasteiger partial charge on any atom is -0.478 e. The van der Waals surface area contributed by atoms with E-state index in [9.17, 15) is 18.4 Å². The molecule has 1 aromatic heterocycles. The quantitative estimate of drug-likeness (QED) is 0.910. The first kappa shape index (κ1) is 15.1. The van der Waals surface area contributed by atoms with Crippen LogP contribution >= 0.6 is 11.3 Å². The molecule has 0 saturated carbocycles. The summed E-state index contributed by atoms with van der Waals surface area (Å²) in [6.45, 7) is 3.31. The lowest BCUT2D eigenvalue weighted by molar-refractivity contribution is 0.0697. The van der Waals surface area contributed by atoms with Crippen molar-refractivity contribution >= 4 is 28.2 Å². The lowest BCUT2D eigenvalue weighted by atomic mass is 10.1. The van der Waals surface area contributed by atoms with E-state index < -0.39 is 29.1 Å². The average molecular weight is 311 g/mol. The van der Waals surface area contributed by atoms with Gasteiger partial charge in [0.1, 0.15) is 22.2 Å². The second-order valence-corrected chi connectivity index (χ2v) is 5.57. The molecule has 0 aliphatic rings. The molecule has 1 aromatic carbocycles. The third-order valence-corrected chi connectivity index (χ3v) is 4.14. The predicted molar refractivity (Wildman–Crippen MR) is 75.1 cm³/mol. The summed E-state index contributed by atoms with van der Waals surface area (Å²) < 4.78 is 27.1. The molecule has 2 aromatic rings. The Bertz CT molecular complexity index is 720. The summed E-state index contributed by atoms with van der Waals surface area (Å²) in [7, 11) is 0. The van der Waals surface area contributed by atoms with Crippen LogP contribution in [0.1, 0.15) is 31.2 Å². The van der Waals surface area contributed by atoms with Gasteiger partial charge in [-0.1, -0.05) is 6.07 Å². The summed E-state index contributed by atoms with van der Waals surface area (Å²) in [4.78, 5) is 23.9. The van der Waals surface area contributed by atoms with Gasteiger partial charge < -0.3 is 10.4 Å². The number of carbonyl (C=O) groups excluding carboxylic acids is 1. The number of hydrogen-bond donors (Lipinski definition) is 2. The third-order valence-electron chi connectivity index (χ3n) is 3.02. The Morgan fingerprint density at radius 2 is 1.71 bits per heavy atom. The van der Waals surface area contributed by atoms with Crippen LogP contribution in [0.5, 0.6) is 0 Å². The van der Waals surface area contributed by atoms with Gasteiger partial charge in [-0.25, -0.2) is 13.6 Å². The fraction of sp³-hybridized carbons (Fsp3) is 0.143. The van der Waals surface area contributed by atoms with E-state index in [2.05, 4.69) is 5.32 Å². The smallest absolute Gasteiger partial charge is 0.338 e. The van der Waals surface area contributed by atoms with Crippen molar-refractivity contribution in [2.24, 2.45) is 0 Å². The predicted octanol–water partition coefficient (Wildman–Crippen LogP) is 3.59. The molecule has 0 spiro atoms. The maximum atomic E-state index is 13.5. The molecule has 7 heteroatoms. The number of carboxylic acid groups (broad SMARTS) is 1. The summed E-state index contributed by atoms with van der Waals surface area (Å²) in [6.07, 6.45) is 0. The number of carbonyl (C=O) groups is 2. The number of aryl methyl sites for hydroxylation is 1. The molecule has 0 fully saturated rings. The topological polar surface area (TPSA) is 66.4 Å². The Morgan fingerprint density at radius 1 is 1.14 bits per heavy atom. The van der Waals surface area contributed by atoms with Gasteiger partial charge in [0.2, 0.25) is 0 Å². The van der Waals surface area contributed by atoms with Crippen molar-refractivity contribution in [2.75, 3.05) is 5.32 Å². The number of thiophene rings is 1. The van der Waals surface area contributed by atoms with Gasteiger partial charge in [0.15, 0.2) is 0 Å². The van der Waals surface area contributed by atoms with Crippen molar-refractivity contribution in [2.45, 2.75) is 13.8 Å². The molecule has 1 amide bonds. The van der Waals surface area contributed by atoms with Crippen molar-refractivity contribution in [3.05, 3.63) is 51.4 Å². The van der Waals surface area contributed by atoms with Crippen molar-refractivity contribution in [3.8, 4) is 0 Å². The number of amides is 1. The van der Waals surface area contributed by atoms with E-state index in [1.165, 1.54) is 0 Å². The summed E-state index contributed by atoms with van der Waals surface area (Å²) in [5.41, 5.74) is -0.294. The molecule has 0 atom stereocenters.